The van der Waals surface area contributed by atoms with E-state index < -0.39 is 0 Å². The molecule has 1 nitrogen and oxygen atoms in total. The van der Waals surface area contributed by atoms with Gasteiger partial charge in [0.1, 0.15) is 0 Å². The highest BCUT2D eigenvalue weighted by molar-refractivity contribution is 4.74. The second-order valence-corrected chi connectivity index (χ2v) is 4.90. The van der Waals surface area contributed by atoms with Crippen LogP contribution in [0.5, 0.6) is 0 Å². The molecule has 1 rings (SSSR count). The zero-order valence-electron chi connectivity index (χ0n) is 9.84. The zero-order chi connectivity index (χ0) is 10.4. The quantitative estimate of drug-likeness (QED) is 0.682. The van der Waals surface area contributed by atoms with Crippen LogP contribution in [-0.2, 0) is 0 Å². The van der Waals surface area contributed by atoms with Crippen LogP contribution in [0.2, 0.25) is 0 Å². The van der Waals surface area contributed by atoms with Crippen LogP contribution in [0.15, 0.2) is 0 Å². The fourth-order valence-corrected chi connectivity index (χ4v) is 2.73. The maximum absolute atomic E-state index is 9.96. The van der Waals surface area contributed by atoms with Crippen molar-refractivity contribution in [1.82, 2.24) is 0 Å². The van der Waals surface area contributed by atoms with Crippen molar-refractivity contribution in [1.29, 1.82) is 0 Å². The third-order valence-electron chi connectivity index (χ3n) is 3.84. The normalized spacial score (nSPS) is 31.1. The molecule has 0 aromatic carbocycles. The SMILES string of the molecule is CCCC(O)C1CCCC(CC)CC1. The first-order valence-corrected chi connectivity index (χ1v) is 6.46. The van der Waals surface area contributed by atoms with Crippen LogP contribution in [0, 0.1) is 11.8 Å². The highest BCUT2D eigenvalue weighted by Gasteiger charge is 2.22. The lowest BCUT2D eigenvalue weighted by Crippen LogP contribution is -2.19. The number of aliphatic hydroxyl groups excluding tert-OH is 1. The van der Waals surface area contributed by atoms with Crippen LogP contribution in [0.25, 0.3) is 0 Å². The zero-order valence-corrected chi connectivity index (χ0v) is 9.84. The second-order valence-electron chi connectivity index (χ2n) is 4.90. The summed E-state index contributed by atoms with van der Waals surface area (Å²) in [6, 6.07) is 0. The first-order chi connectivity index (χ1) is 6.77. The van der Waals surface area contributed by atoms with Gasteiger partial charge in [0.15, 0.2) is 0 Å². The van der Waals surface area contributed by atoms with E-state index in [9.17, 15) is 5.11 Å². The van der Waals surface area contributed by atoms with Gasteiger partial charge in [-0.05, 0) is 31.1 Å². The van der Waals surface area contributed by atoms with Gasteiger partial charge < -0.3 is 5.11 Å². The molecule has 3 atom stereocenters. The molecular weight excluding hydrogens is 172 g/mol. The Morgan fingerprint density at radius 1 is 1.14 bits per heavy atom. The summed E-state index contributed by atoms with van der Waals surface area (Å²) in [6.07, 6.45) is 10.0. The largest absolute Gasteiger partial charge is 0.393 e. The molecule has 0 aromatic rings. The monoisotopic (exact) mass is 198 g/mol. The first-order valence-electron chi connectivity index (χ1n) is 6.46. The molecule has 1 fully saturated rings. The summed E-state index contributed by atoms with van der Waals surface area (Å²) in [5.74, 6) is 1.54. The summed E-state index contributed by atoms with van der Waals surface area (Å²) in [5, 5.41) is 9.96. The van der Waals surface area contributed by atoms with E-state index in [1.807, 2.05) is 0 Å². The molecule has 0 radical (unpaired) electrons. The van der Waals surface area contributed by atoms with E-state index >= 15 is 0 Å². The Hall–Kier alpha value is -0.0400. The Balaban J connectivity index is 2.33. The Labute approximate surface area is 88.9 Å². The molecule has 0 amide bonds. The van der Waals surface area contributed by atoms with E-state index in [1.165, 1.54) is 38.5 Å². The molecule has 1 saturated carbocycles. The number of rotatable bonds is 4. The lowest BCUT2D eigenvalue weighted by atomic mass is 9.90. The Morgan fingerprint density at radius 3 is 2.57 bits per heavy atom. The number of hydrogen-bond donors (Lipinski definition) is 1. The fraction of sp³-hybridized carbons (Fsp3) is 1.00. The lowest BCUT2D eigenvalue weighted by molar-refractivity contribution is 0.0887. The minimum atomic E-state index is -0.0180. The molecule has 0 heterocycles. The van der Waals surface area contributed by atoms with Crippen LogP contribution in [0.3, 0.4) is 0 Å². The van der Waals surface area contributed by atoms with Gasteiger partial charge in [-0.1, -0.05) is 46.0 Å². The van der Waals surface area contributed by atoms with Crippen molar-refractivity contribution in [2.45, 2.75) is 71.3 Å². The molecule has 1 heteroatoms. The van der Waals surface area contributed by atoms with Crippen LogP contribution in [0.4, 0.5) is 0 Å². The summed E-state index contributed by atoms with van der Waals surface area (Å²) >= 11 is 0. The summed E-state index contributed by atoms with van der Waals surface area (Å²) in [4.78, 5) is 0. The molecule has 1 aliphatic carbocycles. The van der Waals surface area contributed by atoms with Gasteiger partial charge in [-0.3, -0.25) is 0 Å². The van der Waals surface area contributed by atoms with Gasteiger partial charge in [-0.15, -0.1) is 0 Å². The minimum Gasteiger partial charge on any atom is -0.393 e. The van der Waals surface area contributed by atoms with E-state index in [-0.39, 0.29) is 6.10 Å². The third kappa shape index (κ3) is 3.61. The average Bonchev–Trinajstić information content (AvgIpc) is 2.42. The van der Waals surface area contributed by atoms with E-state index in [0.29, 0.717) is 5.92 Å². The van der Waals surface area contributed by atoms with Gasteiger partial charge >= 0.3 is 0 Å². The fourth-order valence-electron chi connectivity index (χ4n) is 2.73. The highest BCUT2D eigenvalue weighted by atomic mass is 16.3. The molecule has 14 heavy (non-hydrogen) atoms. The van der Waals surface area contributed by atoms with Gasteiger partial charge in [-0.2, -0.15) is 0 Å². The molecule has 0 aliphatic heterocycles. The van der Waals surface area contributed by atoms with Crippen molar-refractivity contribution in [2.75, 3.05) is 0 Å². The molecule has 0 saturated heterocycles. The Morgan fingerprint density at radius 2 is 1.93 bits per heavy atom. The summed E-state index contributed by atoms with van der Waals surface area (Å²) in [6.45, 7) is 4.46. The minimum absolute atomic E-state index is 0.0180. The summed E-state index contributed by atoms with van der Waals surface area (Å²) in [5.41, 5.74) is 0. The maximum Gasteiger partial charge on any atom is 0.0568 e. The molecule has 1 aliphatic rings. The average molecular weight is 198 g/mol. The highest BCUT2D eigenvalue weighted by Crippen LogP contribution is 2.31. The van der Waals surface area contributed by atoms with E-state index in [2.05, 4.69) is 13.8 Å². The van der Waals surface area contributed by atoms with E-state index in [1.54, 1.807) is 0 Å². The molecule has 84 valence electrons. The lowest BCUT2D eigenvalue weighted by Gasteiger charge is -2.20. The predicted octanol–water partition coefficient (Wildman–Crippen LogP) is 3.75. The van der Waals surface area contributed by atoms with Gasteiger partial charge in [-0.25, -0.2) is 0 Å². The van der Waals surface area contributed by atoms with Gasteiger partial charge in [0.25, 0.3) is 0 Å². The van der Waals surface area contributed by atoms with Crippen molar-refractivity contribution >= 4 is 0 Å². The summed E-state index contributed by atoms with van der Waals surface area (Å²) < 4.78 is 0. The molecule has 0 spiro atoms. The van der Waals surface area contributed by atoms with Crippen LogP contribution in [-0.4, -0.2) is 11.2 Å². The van der Waals surface area contributed by atoms with Crippen molar-refractivity contribution in [3.63, 3.8) is 0 Å². The van der Waals surface area contributed by atoms with Crippen LogP contribution in [0.1, 0.15) is 65.2 Å². The van der Waals surface area contributed by atoms with Crippen molar-refractivity contribution in [2.24, 2.45) is 11.8 Å². The first kappa shape index (κ1) is 12.0. The summed E-state index contributed by atoms with van der Waals surface area (Å²) in [7, 11) is 0. The standard InChI is InChI=1S/C13H26O/c1-3-6-13(14)12-8-5-7-11(4-2)9-10-12/h11-14H,3-10H2,1-2H3. The van der Waals surface area contributed by atoms with Crippen molar-refractivity contribution < 1.29 is 5.11 Å². The maximum atomic E-state index is 9.96. The smallest absolute Gasteiger partial charge is 0.0568 e. The van der Waals surface area contributed by atoms with E-state index in [0.717, 1.165) is 18.8 Å². The predicted molar refractivity (Wildman–Crippen MR) is 61.3 cm³/mol. The Kier molecular flexibility index (Phi) is 5.54. The molecule has 0 aromatic heterocycles. The number of aliphatic hydroxyl groups is 1. The topological polar surface area (TPSA) is 20.2 Å². The van der Waals surface area contributed by atoms with Gasteiger partial charge in [0, 0.05) is 0 Å². The van der Waals surface area contributed by atoms with Crippen molar-refractivity contribution in [3.05, 3.63) is 0 Å². The Bertz CT molecular complexity index is 144. The molecule has 1 N–H and O–H groups in total. The number of hydrogen-bond acceptors (Lipinski definition) is 1. The van der Waals surface area contributed by atoms with Gasteiger partial charge in [0.2, 0.25) is 0 Å². The van der Waals surface area contributed by atoms with Crippen LogP contribution >= 0.6 is 0 Å². The molecule has 0 bridgehead atoms. The van der Waals surface area contributed by atoms with Crippen LogP contribution < -0.4 is 0 Å². The van der Waals surface area contributed by atoms with E-state index in [4.69, 9.17) is 0 Å². The third-order valence-corrected chi connectivity index (χ3v) is 3.84. The van der Waals surface area contributed by atoms with Crippen molar-refractivity contribution in [3.8, 4) is 0 Å². The molecular formula is C13H26O. The second kappa shape index (κ2) is 6.44. The molecule has 3 unspecified atom stereocenters. The van der Waals surface area contributed by atoms with Gasteiger partial charge in [0.05, 0.1) is 6.10 Å².